The molecule has 39 heavy (non-hydrogen) atoms. The molecule has 2 aliphatic heterocycles. The van der Waals surface area contributed by atoms with Gasteiger partial charge in [0.2, 0.25) is 5.91 Å². The van der Waals surface area contributed by atoms with Gasteiger partial charge in [-0.1, -0.05) is 0 Å². The lowest BCUT2D eigenvalue weighted by atomic mass is 9.72. The molecule has 3 fully saturated rings. The van der Waals surface area contributed by atoms with E-state index in [9.17, 15) is 30.3 Å². The molecule has 1 aliphatic carbocycles. The molecule has 13 atom stereocenters. The topological polar surface area (TPSA) is 268 Å². The van der Waals surface area contributed by atoms with Crippen molar-refractivity contribution >= 4 is 5.91 Å². The zero-order valence-electron chi connectivity index (χ0n) is 22.1. The fourth-order valence-corrected chi connectivity index (χ4v) is 5.67. The maximum atomic E-state index is 12.5. The molecular weight excluding hydrogens is 518 g/mol. The Hall–Kier alpha value is -1.05. The molecular formula is C24H47N5O10. The van der Waals surface area contributed by atoms with Gasteiger partial charge in [-0.25, -0.2) is 0 Å². The van der Waals surface area contributed by atoms with Crippen LogP contribution in [-0.2, 0) is 19.0 Å². The smallest absolute Gasteiger partial charge is 0.250 e. The zero-order valence-corrected chi connectivity index (χ0v) is 22.1. The summed E-state index contributed by atoms with van der Waals surface area (Å²) in [5.74, 6) is -1.49. The summed E-state index contributed by atoms with van der Waals surface area (Å²) in [5.41, 5.74) is 18.4. The maximum absolute atomic E-state index is 12.5. The summed E-state index contributed by atoms with van der Waals surface area (Å²) >= 11 is 0. The SMILES string of the molecule is NC[C@H](O)C(=O)N[C@@H]1C[C@H](N)C([C@H]2O[C@H](CNCCCO)CC[C@H]2N)[C@H](O)[C@H]1O[C@H]1O[C@H](CO)[C@@H](O)C[C@H]1O. The highest BCUT2D eigenvalue weighted by Gasteiger charge is 2.52. The number of nitrogens with one attached hydrogen (secondary N) is 2. The molecule has 0 radical (unpaired) electrons. The van der Waals surface area contributed by atoms with Crippen LogP contribution >= 0.6 is 0 Å². The van der Waals surface area contributed by atoms with Crippen LogP contribution in [0.1, 0.15) is 32.1 Å². The molecule has 228 valence electrons. The van der Waals surface area contributed by atoms with Crippen LogP contribution in [0.3, 0.4) is 0 Å². The first-order chi connectivity index (χ1) is 18.6. The fraction of sp³-hybridized carbons (Fsp3) is 0.958. The first-order valence-corrected chi connectivity index (χ1v) is 13.7. The molecule has 0 spiro atoms. The first kappa shape index (κ1) is 32.5. The van der Waals surface area contributed by atoms with E-state index >= 15 is 0 Å². The number of aliphatic hydroxyl groups excluding tert-OH is 6. The Morgan fingerprint density at radius 1 is 1.05 bits per heavy atom. The molecule has 0 aromatic heterocycles. The van der Waals surface area contributed by atoms with Gasteiger partial charge in [-0.05, 0) is 32.2 Å². The molecule has 0 aromatic rings. The Morgan fingerprint density at radius 3 is 2.46 bits per heavy atom. The largest absolute Gasteiger partial charge is 0.396 e. The summed E-state index contributed by atoms with van der Waals surface area (Å²) in [4.78, 5) is 12.5. The van der Waals surface area contributed by atoms with E-state index in [1.807, 2.05) is 0 Å². The van der Waals surface area contributed by atoms with E-state index < -0.39 is 85.6 Å². The van der Waals surface area contributed by atoms with Crippen LogP contribution in [0.15, 0.2) is 0 Å². The van der Waals surface area contributed by atoms with Gasteiger partial charge in [0.05, 0.1) is 37.1 Å². The number of aliphatic hydroxyl groups is 6. The van der Waals surface area contributed by atoms with Crippen molar-refractivity contribution in [3.8, 4) is 0 Å². The maximum Gasteiger partial charge on any atom is 0.250 e. The number of amides is 1. The summed E-state index contributed by atoms with van der Waals surface area (Å²) in [6.07, 6.45) is -7.65. The normalized spacial score (nSPS) is 42.2. The second-order valence-corrected chi connectivity index (χ2v) is 10.8. The summed E-state index contributed by atoms with van der Waals surface area (Å²) in [6.45, 7) is 0.395. The van der Waals surface area contributed by atoms with E-state index in [1.165, 1.54) is 0 Å². The Kier molecular flexibility index (Phi) is 12.7. The van der Waals surface area contributed by atoms with Gasteiger partial charge in [-0.3, -0.25) is 4.79 Å². The number of hydrogen-bond acceptors (Lipinski definition) is 14. The van der Waals surface area contributed by atoms with E-state index in [1.54, 1.807) is 0 Å². The number of hydrogen-bond donors (Lipinski definition) is 11. The first-order valence-electron chi connectivity index (χ1n) is 13.7. The third-order valence-electron chi connectivity index (χ3n) is 7.86. The highest BCUT2D eigenvalue weighted by molar-refractivity contribution is 5.81. The Balaban J connectivity index is 1.80. The molecule has 1 unspecified atom stereocenters. The lowest BCUT2D eigenvalue weighted by Crippen LogP contribution is -2.68. The average molecular weight is 566 g/mol. The van der Waals surface area contributed by atoms with E-state index in [2.05, 4.69) is 10.6 Å². The lowest BCUT2D eigenvalue weighted by Gasteiger charge is -2.50. The van der Waals surface area contributed by atoms with Crippen LogP contribution in [0.2, 0.25) is 0 Å². The van der Waals surface area contributed by atoms with Gasteiger partial charge in [-0.2, -0.15) is 0 Å². The quantitative estimate of drug-likeness (QED) is 0.0986. The van der Waals surface area contributed by atoms with Crippen molar-refractivity contribution in [2.45, 2.75) is 105 Å². The van der Waals surface area contributed by atoms with Crippen LogP contribution in [0.4, 0.5) is 0 Å². The van der Waals surface area contributed by atoms with Crippen molar-refractivity contribution in [1.82, 2.24) is 10.6 Å². The van der Waals surface area contributed by atoms with Gasteiger partial charge in [0.25, 0.3) is 0 Å². The van der Waals surface area contributed by atoms with Crippen molar-refractivity contribution in [1.29, 1.82) is 0 Å². The van der Waals surface area contributed by atoms with E-state index in [4.69, 9.17) is 36.5 Å². The zero-order chi connectivity index (χ0) is 28.7. The third kappa shape index (κ3) is 8.25. The van der Waals surface area contributed by atoms with E-state index in [-0.39, 0.29) is 32.1 Å². The summed E-state index contributed by atoms with van der Waals surface area (Å²) in [6, 6.07) is -2.01. The van der Waals surface area contributed by atoms with Crippen molar-refractivity contribution in [2.24, 2.45) is 23.1 Å². The third-order valence-corrected chi connectivity index (χ3v) is 7.86. The summed E-state index contributed by atoms with van der Waals surface area (Å²) in [7, 11) is 0. The Bertz CT molecular complexity index is 756. The van der Waals surface area contributed by atoms with Crippen molar-refractivity contribution in [2.75, 3.05) is 32.8 Å². The molecule has 15 nitrogen and oxygen atoms in total. The molecule has 1 amide bonds. The Labute approximate surface area is 228 Å². The fourth-order valence-electron chi connectivity index (χ4n) is 5.67. The highest BCUT2D eigenvalue weighted by Crippen LogP contribution is 2.36. The molecule has 2 heterocycles. The van der Waals surface area contributed by atoms with Crippen LogP contribution < -0.4 is 27.8 Å². The van der Waals surface area contributed by atoms with E-state index in [0.717, 1.165) is 0 Å². The van der Waals surface area contributed by atoms with Gasteiger partial charge in [0.15, 0.2) is 6.29 Å². The minimum atomic E-state index is -1.49. The highest BCUT2D eigenvalue weighted by atomic mass is 16.7. The van der Waals surface area contributed by atoms with Crippen LogP contribution in [0.25, 0.3) is 0 Å². The standard InChI is InChI=1S/C24H47N5O10/c25-8-17(34)23(36)29-14-6-13(27)19(21-12(26)3-2-11(37-21)9-28-4-1-5-30)20(35)22(14)39-24-16(33)7-15(32)18(10-31)38-24/h11-22,24,28,30-35H,1-10,25-27H2,(H,29,36)/t11-,12+,13-,14+,15-,16+,17-,18+,19?,20-,21-,22-,24+/m0/s1. The van der Waals surface area contributed by atoms with Gasteiger partial charge >= 0.3 is 0 Å². The van der Waals surface area contributed by atoms with Crippen molar-refractivity contribution in [3.05, 3.63) is 0 Å². The molecule has 3 rings (SSSR count). The molecule has 2 saturated heterocycles. The van der Waals surface area contributed by atoms with Crippen LogP contribution in [-0.4, -0.2) is 143 Å². The molecule has 1 saturated carbocycles. The Morgan fingerprint density at radius 2 is 1.79 bits per heavy atom. The number of carbonyl (C=O) groups is 1. The number of carbonyl (C=O) groups excluding carboxylic acids is 1. The van der Waals surface area contributed by atoms with Crippen LogP contribution in [0.5, 0.6) is 0 Å². The molecule has 3 aliphatic rings. The van der Waals surface area contributed by atoms with Crippen molar-refractivity contribution < 1.29 is 49.6 Å². The van der Waals surface area contributed by atoms with Gasteiger partial charge in [0, 0.05) is 44.1 Å². The lowest BCUT2D eigenvalue weighted by molar-refractivity contribution is -0.302. The van der Waals surface area contributed by atoms with Gasteiger partial charge in [0.1, 0.15) is 24.4 Å². The predicted molar refractivity (Wildman–Crippen MR) is 137 cm³/mol. The summed E-state index contributed by atoms with van der Waals surface area (Å²) in [5, 5.41) is 66.5. The molecule has 14 N–H and O–H groups in total. The minimum absolute atomic E-state index is 0.0773. The second-order valence-electron chi connectivity index (χ2n) is 10.8. The second kappa shape index (κ2) is 15.3. The summed E-state index contributed by atoms with van der Waals surface area (Å²) < 4.78 is 17.9. The predicted octanol–water partition coefficient (Wildman–Crippen LogP) is -5.44. The van der Waals surface area contributed by atoms with Gasteiger partial charge < -0.3 is 72.7 Å². The monoisotopic (exact) mass is 565 g/mol. The molecule has 0 aromatic carbocycles. The van der Waals surface area contributed by atoms with E-state index in [0.29, 0.717) is 32.4 Å². The minimum Gasteiger partial charge on any atom is -0.396 e. The van der Waals surface area contributed by atoms with Crippen molar-refractivity contribution in [3.63, 3.8) is 0 Å². The molecule has 15 heteroatoms. The molecule has 0 bridgehead atoms. The number of rotatable bonds is 12. The number of ether oxygens (including phenoxy) is 3. The average Bonchev–Trinajstić information content (AvgIpc) is 2.90. The number of nitrogens with two attached hydrogens (primary N) is 3. The van der Waals surface area contributed by atoms with Gasteiger partial charge in [-0.15, -0.1) is 0 Å². The van der Waals surface area contributed by atoms with Crippen LogP contribution in [0, 0.1) is 5.92 Å².